The highest BCUT2D eigenvalue weighted by Crippen LogP contribution is 2.01. The summed E-state index contributed by atoms with van der Waals surface area (Å²) < 4.78 is 0. The molecule has 1 aliphatic heterocycles. The lowest BCUT2D eigenvalue weighted by atomic mass is 10.1. The molecule has 0 spiro atoms. The zero-order chi connectivity index (χ0) is 12.1. The van der Waals surface area contributed by atoms with Gasteiger partial charge in [-0.3, -0.25) is 9.80 Å². The van der Waals surface area contributed by atoms with Gasteiger partial charge < -0.3 is 4.90 Å². The van der Waals surface area contributed by atoms with Crippen molar-refractivity contribution in [1.82, 2.24) is 9.91 Å². The number of hydrogen-bond acceptors (Lipinski definition) is 4. The predicted octanol–water partition coefficient (Wildman–Crippen LogP) is 1.10. The number of hydrogen-bond donors (Lipinski definition) is 0. The van der Waals surface area contributed by atoms with Crippen LogP contribution in [0.15, 0.2) is 35.4 Å². The number of carbonyl (C=O) groups excluding carboxylic acids is 1. The summed E-state index contributed by atoms with van der Waals surface area (Å²) in [6, 6.07) is 9.22. The molecule has 1 fully saturated rings. The second-order valence-electron chi connectivity index (χ2n) is 4.23. The van der Waals surface area contributed by atoms with Gasteiger partial charge in [-0.05, 0) is 7.05 Å². The molecule has 2 rings (SSSR count). The highest BCUT2D eigenvalue weighted by molar-refractivity contribution is 6.35. The zero-order valence-corrected chi connectivity index (χ0v) is 10.0. The Hall–Kier alpha value is -1.68. The average molecular weight is 231 g/mol. The molecule has 1 saturated heterocycles. The third kappa shape index (κ3) is 3.39. The van der Waals surface area contributed by atoms with E-state index in [1.54, 1.807) is 12.1 Å². The number of ketones is 1. The number of carbonyl (C=O) groups is 1. The van der Waals surface area contributed by atoms with Crippen molar-refractivity contribution in [3.05, 3.63) is 35.9 Å². The minimum absolute atomic E-state index is 0.0375. The first-order valence-corrected chi connectivity index (χ1v) is 5.82. The Bertz CT molecular complexity index is 394. The highest BCUT2D eigenvalue weighted by atomic mass is 16.1. The second kappa shape index (κ2) is 5.59. The first kappa shape index (κ1) is 11.8. The van der Waals surface area contributed by atoms with Crippen molar-refractivity contribution in [2.45, 2.75) is 0 Å². The van der Waals surface area contributed by atoms with E-state index in [-0.39, 0.29) is 5.78 Å². The van der Waals surface area contributed by atoms with E-state index < -0.39 is 0 Å². The maximum atomic E-state index is 11.8. The lowest BCUT2D eigenvalue weighted by Crippen LogP contribution is -2.41. The van der Waals surface area contributed by atoms with Crippen LogP contribution in [0.4, 0.5) is 0 Å². The van der Waals surface area contributed by atoms with Crippen LogP contribution in [-0.4, -0.2) is 55.1 Å². The van der Waals surface area contributed by atoms with Crippen molar-refractivity contribution in [3.8, 4) is 0 Å². The SMILES string of the molecule is CN1CCN(/N=C/C(=O)c2ccccc2)CC1. The fraction of sp³-hybridized carbons (Fsp3) is 0.385. The van der Waals surface area contributed by atoms with E-state index in [1.807, 2.05) is 23.2 Å². The molecular weight excluding hydrogens is 214 g/mol. The Morgan fingerprint density at radius 1 is 1.18 bits per heavy atom. The molecule has 1 aliphatic rings. The normalized spacial score (nSPS) is 17.6. The van der Waals surface area contributed by atoms with Crippen molar-refractivity contribution in [1.29, 1.82) is 0 Å². The van der Waals surface area contributed by atoms with Crippen LogP contribution in [0.25, 0.3) is 0 Å². The highest BCUT2D eigenvalue weighted by Gasteiger charge is 2.11. The molecule has 0 radical (unpaired) electrons. The van der Waals surface area contributed by atoms with Crippen molar-refractivity contribution < 1.29 is 4.79 Å². The minimum Gasteiger partial charge on any atom is -0.303 e. The fourth-order valence-corrected chi connectivity index (χ4v) is 1.72. The Morgan fingerprint density at radius 3 is 2.47 bits per heavy atom. The molecule has 4 heteroatoms. The monoisotopic (exact) mass is 231 g/mol. The van der Waals surface area contributed by atoms with Crippen LogP contribution in [0, 0.1) is 0 Å². The van der Waals surface area contributed by atoms with E-state index >= 15 is 0 Å². The molecule has 1 aromatic rings. The summed E-state index contributed by atoms with van der Waals surface area (Å²) in [6.45, 7) is 3.76. The van der Waals surface area contributed by atoms with Crippen molar-refractivity contribution in [2.24, 2.45) is 5.10 Å². The fourth-order valence-electron chi connectivity index (χ4n) is 1.72. The van der Waals surface area contributed by atoms with Gasteiger partial charge in [-0.2, -0.15) is 5.10 Å². The first-order valence-electron chi connectivity index (χ1n) is 5.82. The lowest BCUT2D eigenvalue weighted by molar-refractivity contribution is 0.106. The summed E-state index contributed by atoms with van der Waals surface area (Å²) in [4.78, 5) is 14.0. The summed E-state index contributed by atoms with van der Waals surface area (Å²) >= 11 is 0. The van der Waals surface area contributed by atoms with E-state index in [4.69, 9.17) is 0 Å². The van der Waals surface area contributed by atoms with Gasteiger partial charge in [0.2, 0.25) is 5.78 Å². The zero-order valence-electron chi connectivity index (χ0n) is 10.0. The molecule has 0 bridgehead atoms. The molecule has 0 N–H and O–H groups in total. The van der Waals surface area contributed by atoms with Crippen LogP contribution in [0.2, 0.25) is 0 Å². The topological polar surface area (TPSA) is 35.9 Å². The standard InChI is InChI=1S/C13H17N3O/c1-15-7-9-16(10-8-15)14-11-13(17)12-5-3-2-4-6-12/h2-6,11H,7-10H2,1H3/b14-11+. The first-order chi connectivity index (χ1) is 8.25. The molecular formula is C13H17N3O. The molecule has 4 nitrogen and oxygen atoms in total. The number of rotatable bonds is 3. The molecule has 90 valence electrons. The molecule has 0 saturated carbocycles. The summed E-state index contributed by atoms with van der Waals surface area (Å²) in [7, 11) is 2.09. The molecule has 0 aliphatic carbocycles. The minimum atomic E-state index is -0.0375. The van der Waals surface area contributed by atoms with Crippen molar-refractivity contribution in [3.63, 3.8) is 0 Å². The smallest absolute Gasteiger partial charge is 0.205 e. The Morgan fingerprint density at radius 2 is 1.82 bits per heavy atom. The molecule has 1 heterocycles. The van der Waals surface area contributed by atoms with E-state index in [9.17, 15) is 4.79 Å². The van der Waals surface area contributed by atoms with Crippen molar-refractivity contribution in [2.75, 3.05) is 33.2 Å². The number of piperazine rings is 1. The average Bonchev–Trinajstić information content (AvgIpc) is 2.39. The number of hydrazone groups is 1. The van der Waals surface area contributed by atoms with Crippen LogP contribution >= 0.6 is 0 Å². The molecule has 0 amide bonds. The number of nitrogens with zero attached hydrogens (tertiary/aromatic N) is 3. The quantitative estimate of drug-likeness (QED) is 0.577. The Labute approximate surface area is 102 Å². The molecule has 1 aromatic carbocycles. The van der Waals surface area contributed by atoms with Crippen molar-refractivity contribution >= 4 is 12.0 Å². The van der Waals surface area contributed by atoms with Crippen LogP contribution < -0.4 is 0 Å². The van der Waals surface area contributed by atoms with Gasteiger partial charge >= 0.3 is 0 Å². The lowest BCUT2D eigenvalue weighted by Gasteiger charge is -2.30. The largest absolute Gasteiger partial charge is 0.303 e. The summed E-state index contributed by atoms with van der Waals surface area (Å²) in [5, 5.41) is 6.17. The summed E-state index contributed by atoms with van der Waals surface area (Å²) in [5.74, 6) is -0.0375. The van der Waals surface area contributed by atoms with Gasteiger partial charge in [0, 0.05) is 31.7 Å². The van der Waals surface area contributed by atoms with E-state index in [0.29, 0.717) is 5.56 Å². The van der Waals surface area contributed by atoms with Gasteiger partial charge in [-0.25, -0.2) is 0 Å². The molecule has 17 heavy (non-hydrogen) atoms. The van der Waals surface area contributed by atoms with Crippen LogP contribution in [0.1, 0.15) is 10.4 Å². The third-order valence-corrected chi connectivity index (χ3v) is 2.88. The number of Topliss-reactive ketones (excluding diaryl/α,β-unsaturated/α-hetero) is 1. The van der Waals surface area contributed by atoms with Gasteiger partial charge in [0.15, 0.2) is 0 Å². The molecule has 0 atom stereocenters. The van der Waals surface area contributed by atoms with Crippen LogP contribution in [0.5, 0.6) is 0 Å². The molecule has 0 unspecified atom stereocenters. The third-order valence-electron chi connectivity index (χ3n) is 2.88. The van der Waals surface area contributed by atoms with Crippen LogP contribution in [0.3, 0.4) is 0 Å². The predicted molar refractivity (Wildman–Crippen MR) is 68.3 cm³/mol. The summed E-state index contributed by atoms with van der Waals surface area (Å²) in [6.07, 6.45) is 1.42. The molecule has 0 aromatic heterocycles. The Balaban J connectivity index is 1.90. The van der Waals surface area contributed by atoms with Gasteiger partial charge in [-0.15, -0.1) is 0 Å². The van der Waals surface area contributed by atoms with Crippen LogP contribution in [-0.2, 0) is 0 Å². The maximum absolute atomic E-state index is 11.8. The van der Waals surface area contributed by atoms with Gasteiger partial charge in [-0.1, -0.05) is 30.3 Å². The van der Waals surface area contributed by atoms with Gasteiger partial charge in [0.25, 0.3) is 0 Å². The van der Waals surface area contributed by atoms with Gasteiger partial charge in [0.05, 0.1) is 6.21 Å². The van der Waals surface area contributed by atoms with E-state index in [0.717, 1.165) is 26.2 Å². The van der Waals surface area contributed by atoms with E-state index in [2.05, 4.69) is 17.0 Å². The number of likely N-dealkylation sites (N-methyl/N-ethyl adjacent to an activating group) is 1. The number of benzene rings is 1. The Kier molecular flexibility index (Phi) is 3.88. The summed E-state index contributed by atoms with van der Waals surface area (Å²) in [5.41, 5.74) is 0.686. The maximum Gasteiger partial charge on any atom is 0.205 e. The van der Waals surface area contributed by atoms with Gasteiger partial charge in [0.1, 0.15) is 0 Å². The second-order valence-corrected chi connectivity index (χ2v) is 4.23. The van der Waals surface area contributed by atoms with E-state index in [1.165, 1.54) is 6.21 Å².